The predicted molar refractivity (Wildman–Crippen MR) is 84.6 cm³/mol. The summed E-state index contributed by atoms with van der Waals surface area (Å²) < 4.78 is 5.39. The number of piperidine rings is 1. The van der Waals surface area contributed by atoms with Crippen LogP contribution in [0.15, 0.2) is 24.3 Å². The van der Waals surface area contributed by atoms with Gasteiger partial charge in [-0.25, -0.2) is 4.79 Å². The molecule has 1 aliphatic rings. The van der Waals surface area contributed by atoms with Gasteiger partial charge in [0.1, 0.15) is 6.10 Å². The van der Waals surface area contributed by atoms with Gasteiger partial charge in [0.05, 0.1) is 0 Å². The Labute approximate surface area is 131 Å². The predicted octanol–water partition coefficient (Wildman–Crippen LogP) is 3.61. The number of carbonyl (C=O) groups is 1. The first-order valence-electron chi connectivity index (χ1n) is 7.54. The Hall–Kier alpha value is -1.26. The van der Waals surface area contributed by atoms with Gasteiger partial charge in [0.25, 0.3) is 0 Å². The number of carbonyl (C=O) groups excluding carboxylic acids is 1. The summed E-state index contributed by atoms with van der Waals surface area (Å²) in [5.74, 6) is 0. The van der Waals surface area contributed by atoms with E-state index in [9.17, 15) is 4.79 Å². The second kappa shape index (κ2) is 7.66. The van der Waals surface area contributed by atoms with E-state index >= 15 is 0 Å². The molecule has 5 heteroatoms. The highest BCUT2D eigenvalue weighted by molar-refractivity contribution is 6.31. The van der Waals surface area contributed by atoms with E-state index in [1.54, 1.807) is 0 Å². The molecule has 21 heavy (non-hydrogen) atoms. The number of halogens is 1. The summed E-state index contributed by atoms with van der Waals surface area (Å²) in [4.78, 5) is 13.8. The highest BCUT2D eigenvalue weighted by Crippen LogP contribution is 2.29. The number of likely N-dealkylation sites (tertiary alicyclic amines) is 1. The summed E-state index contributed by atoms with van der Waals surface area (Å²) in [6.07, 6.45) is 1.44. The van der Waals surface area contributed by atoms with Gasteiger partial charge in [0, 0.05) is 30.7 Å². The average molecular weight is 311 g/mol. The van der Waals surface area contributed by atoms with Gasteiger partial charge in [0.15, 0.2) is 0 Å². The molecule has 0 radical (unpaired) electrons. The van der Waals surface area contributed by atoms with E-state index in [-0.39, 0.29) is 18.2 Å². The zero-order valence-corrected chi connectivity index (χ0v) is 13.4. The number of alkyl carbamates (subject to hydrolysis) is 1. The molecule has 1 aromatic rings. The minimum Gasteiger partial charge on any atom is -0.446 e. The SMILES string of the molecule is CCNC(=O)OC1CCN(C(C)c2ccccc2Cl)CC1. The lowest BCUT2D eigenvalue weighted by molar-refractivity contribution is 0.0402. The van der Waals surface area contributed by atoms with Gasteiger partial charge in [-0.05, 0) is 38.3 Å². The van der Waals surface area contributed by atoms with Gasteiger partial charge in [-0.2, -0.15) is 0 Å². The normalized spacial score (nSPS) is 18.2. The molecule has 1 aliphatic heterocycles. The van der Waals surface area contributed by atoms with Crippen LogP contribution in [0.3, 0.4) is 0 Å². The van der Waals surface area contributed by atoms with Crippen LogP contribution >= 0.6 is 11.6 Å². The number of hydrogen-bond acceptors (Lipinski definition) is 3. The van der Waals surface area contributed by atoms with Crippen molar-refractivity contribution in [2.45, 2.75) is 38.8 Å². The fraction of sp³-hybridized carbons (Fsp3) is 0.562. The fourth-order valence-electron chi connectivity index (χ4n) is 2.73. The number of benzene rings is 1. The quantitative estimate of drug-likeness (QED) is 0.923. The van der Waals surface area contributed by atoms with Crippen LogP contribution in [0.1, 0.15) is 38.3 Å². The molecule has 0 spiro atoms. The van der Waals surface area contributed by atoms with Gasteiger partial charge >= 0.3 is 6.09 Å². The van der Waals surface area contributed by atoms with E-state index in [0.29, 0.717) is 6.54 Å². The molecule has 0 aliphatic carbocycles. The molecule has 1 N–H and O–H groups in total. The third-order valence-electron chi connectivity index (χ3n) is 3.97. The van der Waals surface area contributed by atoms with Gasteiger partial charge in [-0.1, -0.05) is 29.8 Å². The Morgan fingerprint density at radius 2 is 2.10 bits per heavy atom. The van der Waals surface area contributed by atoms with Crippen molar-refractivity contribution in [1.82, 2.24) is 10.2 Å². The van der Waals surface area contributed by atoms with Crippen LogP contribution in [0.4, 0.5) is 4.79 Å². The minimum atomic E-state index is -0.310. The molecular weight excluding hydrogens is 288 g/mol. The molecule has 1 unspecified atom stereocenters. The number of rotatable bonds is 4. The Bertz CT molecular complexity index is 473. The highest BCUT2D eigenvalue weighted by atomic mass is 35.5. The first-order chi connectivity index (χ1) is 10.1. The number of nitrogens with one attached hydrogen (secondary N) is 1. The third kappa shape index (κ3) is 4.35. The molecule has 1 aromatic carbocycles. The number of amides is 1. The molecule has 0 saturated carbocycles. The van der Waals surface area contributed by atoms with Gasteiger partial charge in [-0.15, -0.1) is 0 Å². The van der Waals surface area contributed by atoms with Crippen molar-refractivity contribution >= 4 is 17.7 Å². The fourth-order valence-corrected chi connectivity index (χ4v) is 3.02. The Morgan fingerprint density at radius 3 is 2.71 bits per heavy atom. The Kier molecular flexibility index (Phi) is 5.88. The van der Waals surface area contributed by atoms with Crippen molar-refractivity contribution < 1.29 is 9.53 Å². The molecule has 0 aromatic heterocycles. The lowest BCUT2D eigenvalue weighted by Crippen LogP contribution is -2.40. The molecule has 1 saturated heterocycles. The van der Waals surface area contributed by atoms with E-state index in [2.05, 4.69) is 23.2 Å². The largest absolute Gasteiger partial charge is 0.446 e. The number of ether oxygens (including phenoxy) is 1. The van der Waals surface area contributed by atoms with E-state index in [4.69, 9.17) is 16.3 Å². The van der Waals surface area contributed by atoms with Crippen LogP contribution in [0.25, 0.3) is 0 Å². The van der Waals surface area contributed by atoms with Crippen molar-refractivity contribution in [3.8, 4) is 0 Å². The van der Waals surface area contributed by atoms with E-state index < -0.39 is 0 Å². The smallest absolute Gasteiger partial charge is 0.407 e. The van der Waals surface area contributed by atoms with E-state index in [1.165, 1.54) is 0 Å². The van der Waals surface area contributed by atoms with Crippen molar-refractivity contribution in [2.24, 2.45) is 0 Å². The maximum Gasteiger partial charge on any atom is 0.407 e. The molecule has 1 heterocycles. The third-order valence-corrected chi connectivity index (χ3v) is 4.32. The van der Waals surface area contributed by atoms with Gasteiger partial charge < -0.3 is 10.1 Å². The van der Waals surface area contributed by atoms with Crippen LogP contribution in [-0.4, -0.2) is 36.7 Å². The van der Waals surface area contributed by atoms with Crippen molar-refractivity contribution in [2.75, 3.05) is 19.6 Å². The molecular formula is C16H23ClN2O2. The molecule has 1 fully saturated rings. The summed E-state index contributed by atoms with van der Waals surface area (Å²) in [5, 5.41) is 3.48. The molecule has 4 nitrogen and oxygen atoms in total. The van der Waals surface area contributed by atoms with E-state index in [0.717, 1.165) is 36.5 Å². The second-order valence-corrected chi connectivity index (χ2v) is 5.78. The zero-order chi connectivity index (χ0) is 15.2. The molecule has 1 amide bonds. The molecule has 2 rings (SSSR count). The van der Waals surface area contributed by atoms with Gasteiger partial charge in [0.2, 0.25) is 0 Å². The Balaban J connectivity index is 1.86. The monoisotopic (exact) mass is 310 g/mol. The first-order valence-corrected chi connectivity index (χ1v) is 7.92. The number of nitrogens with zero attached hydrogens (tertiary/aromatic N) is 1. The first kappa shape index (κ1) is 16.1. The zero-order valence-electron chi connectivity index (χ0n) is 12.6. The molecule has 116 valence electrons. The van der Waals surface area contributed by atoms with Crippen LogP contribution in [0.2, 0.25) is 5.02 Å². The van der Waals surface area contributed by atoms with Crippen LogP contribution < -0.4 is 5.32 Å². The summed E-state index contributed by atoms with van der Waals surface area (Å²) in [5.41, 5.74) is 1.15. The van der Waals surface area contributed by atoms with Crippen molar-refractivity contribution in [1.29, 1.82) is 0 Å². The summed E-state index contributed by atoms with van der Waals surface area (Å²) in [7, 11) is 0. The molecule has 1 atom stereocenters. The minimum absolute atomic E-state index is 0.0197. The standard InChI is InChI=1S/C16H23ClN2O2/c1-3-18-16(20)21-13-8-10-19(11-9-13)12(2)14-6-4-5-7-15(14)17/h4-7,12-13H,3,8-11H2,1-2H3,(H,18,20). The maximum absolute atomic E-state index is 11.4. The topological polar surface area (TPSA) is 41.6 Å². The van der Waals surface area contributed by atoms with E-state index in [1.807, 2.05) is 25.1 Å². The summed E-state index contributed by atoms with van der Waals surface area (Å²) in [6.45, 7) is 6.48. The maximum atomic E-state index is 11.4. The van der Waals surface area contributed by atoms with Crippen molar-refractivity contribution in [3.05, 3.63) is 34.9 Å². The Morgan fingerprint density at radius 1 is 1.43 bits per heavy atom. The van der Waals surface area contributed by atoms with Crippen LogP contribution in [-0.2, 0) is 4.74 Å². The summed E-state index contributed by atoms with van der Waals surface area (Å²) >= 11 is 6.27. The lowest BCUT2D eigenvalue weighted by Gasteiger charge is -2.36. The van der Waals surface area contributed by atoms with Crippen molar-refractivity contribution in [3.63, 3.8) is 0 Å². The van der Waals surface area contributed by atoms with Gasteiger partial charge in [-0.3, -0.25) is 4.90 Å². The van der Waals surface area contributed by atoms with Crippen LogP contribution in [0.5, 0.6) is 0 Å². The average Bonchev–Trinajstić information content (AvgIpc) is 2.48. The highest BCUT2D eigenvalue weighted by Gasteiger charge is 2.26. The van der Waals surface area contributed by atoms with Crippen LogP contribution in [0, 0.1) is 0 Å². The summed E-state index contributed by atoms with van der Waals surface area (Å²) in [6, 6.07) is 8.25. The number of hydrogen-bond donors (Lipinski definition) is 1. The second-order valence-electron chi connectivity index (χ2n) is 5.37. The molecule has 0 bridgehead atoms. The lowest BCUT2D eigenvalue weighted by atomic mass is 10.0.